The van der Waals surface area contributed by atoms with Crippen LogP contribution in [0.1, 0.15) is 20.3 Å². The molecule has 0 aliphatic carbocycles. The largest absolute Gasteiger partial charge is 0.497 e. The first-order valence-corrected chi connectivity index (χ1v) is 7.08. The lowest BCUT2D eigenvalue weighted by Gasteiger charge is -2.09. The van der Waals surface area contributed by atoms with Crippen LogP contribution in [-0.4, -0.2) is 23.6 Å². The van der Waals surface area contributed by atoms with Crippen LogP contribution in [0.3, 0.4) is 0 Å². The van der Waals surface area contributed by atoms with E-state index >= 15 is 0 Å². The molecule has 0 saturated carbocycles. The van der Waals surface area contributed by atoms with E-state index in [-0.39, 0.29) is 5.56 Å². The molecule has 1 aromatic carbocycles. The molecule has 1 heterocycles. The van der Waals surface area contributed by atoms with Crippen LogP contribution in [0.15, 0.2) is 35.1 Å². The van der Waals surface area contributed by atoms with E-state index in [0.29, 0.717) is 17.6 Å². The second-order valence-electron chi connectivity index (χ2n) is 5.32. The van der Waals surface area contributed by atoms with Gasteiger partial charge in [0.15, 0.2) is 0 Å². The summed E-state index contributed by atoms with van der Waals surface area (Å²) in [5.74, 6) is 1.89. The average molecular weight is 287 g/mol. The summed E-state index contributed by atoms with van der Waals surface area (Å²) in [6.07, 6.45) is 1.02. The molecule has 0 unspecified atom stereocenters. The Hall–Kier alpha value is -2.30. The van der Waals surface area contributed by atoms with Gasteiger partial charge in [0.05, 0.1) is 12.8 Å². The van der Waals surface area contributed by atoms with Crippen LogP contribution in [-0.2, 0) is 0 Å². The van der Waals surface area contributed by atoms with Gasteiger partial charge in [-0.1, -0.05) is 13.8 Å². The van der Waals surface area contributed by atoms with Gasteiger partial charge in [0, 0.05) is 18.2 Å². The van der Waals surface area contributed by atoms with Crippen LogP contribution in [0.4, 0.5) is 5.95 Å². The molecule has 0 bridgehead atoms. The van der Waals surface area contributed by atoms with Gasteiger partial charge in [-0.25, -0.2) is 4.98 Å². The normalized spacial score (nSPS) is 10.7. The topological polar surface area (TPSA) is 67.0 Å². The van der Waals surface area contributed by atoms with Crippen molar-refractivity contribution in [3.05, 3.63) is 40.7 Å². The van der Waals surface area contributed by atoms with Gasteiger partial charge in [-0.3, -0.25) is 9.78 Å². The van der Waals surface area contributed by atoms with E-state index in [2.05, 4.69) is 29.1 Å². The lowest BCUT2D eigenvalue weighted by atomic mass is 10.1. The highest BCUT2D eigenvalue weighted by Gasteiger charge is 2.04. The lowest BCUT2D eigenvalue weighted by Crippen LogP contribution is -2.14. The van der Waals surface area contributed by atoms with Crippen molar-refractivity contribution in [1.82, 2.24) is 9.97 Å². The Labute approximate surface area is 124 Å². The Morgan fingerprint density at radius 1 is 1.29 bits per heavy atom. The zero-order chi connectivity index (χ0) is 15.2. The van der Waals surface area contributed by atoms with E-state index in [4.69, 9.17) is 4.74 Å². The summed E-state index contributed by atoms with van der Waals surface area (Å²) >= 11 is 0. The van der Waals surface area contributed by atoms with Crippen molar-refractivity contribution in [1.29, 1.82) is 0 Å². The van der Waals surface area contributed by atoms with Gasteiger partial charge in [0.25, 0.3) is 5.56 Å². The number of benzene rings is 1. The van der Waals surface area contributed by atoms with Crippen LogP contribution in [0.5, 0.6) is 5.75 Å². The maximum absolute atomic E-state index is 11.7. The molecule has 0 fully saturated rings. The molecule has 0 saturated heterocycles. The molecular formula is C16H21N3O2. The van der Waals surface area contributed by atoms with E-state index in [9.17, 15) is 4.79 Å². The van der Waals surface area contributed by atoms with E-state index in [0.717, 1.165) is 24.3 Å². The first kappa shape index (κ1) is 15.1. The molecule has 5 heteroatoms. The fourth-order valence-electron chi connectivity index (χ4n) is 1.93. The van der Waals surface area contributed by atoms with Gasteiger partial charge in [0.2, 0.25) is 5.95 Å². The zero-order valence-corrected chi connectivity index (χ0v) is 12.6. The molecule has 0 amide bonds. The van der Waals surface area contributed by atoms with Crippen molar-refractivity contribution in [3.8, 4) is 17.0 Å². The number of hydrogen-bond acceptors (Lipinski definition) is 4. The van der Waals surface area contributed by atoms with Crippen molar-refractivity contribution >= 4 is 5.95 Å². The molecule has 2 aromatic rings. The molecule has 2 N–H and O–H groups in total. The molecular weight excluding hydrogens is 266 g/mol. The summed E-state index contributed by atoms with van der Waals surface area (Å²) in [6, 6.07) is 8.97. The highest BCUT2D eigenvalue weighted by Crippen LogP contribution is 2.20. The Bertz CT molecular complexity index is 633. The number of anilines is 1. The van der Waals surface area contributed by atoms with Crippen LogP contribution in [0.25, 0.3) is 11.3 Å². The number of aromatic amines is 1. The fraction of sp³-hybridized carbons (Fsp3) is 0.375. The van der Waals surface area contributed by atoms with Gasteiger partial charge in [-0.2, -0.15) is 0 Å². The van der Waals surface area contributed by atoms with Crippen molar-refractivity contribution in [2.45, 2.75) is 20.3 Å². The Balaban J connectivity index is 2.19. The summed E-state index contributed by atoms with van der Waals surface area (Å²) < 4.78 is 5.13. The molecule has 2 rings (SSSR count). The second-order valence-corrected chi connectivity index (χ2v) is 5.32. The summed E-state index contributed by atoms with van der Waals surface area (Å²) in [4.78, 5) is 18.9. The molecule has 5 nitrogen and oxygen atoms in total. The number of ether oxygens (including phenoxy) is 1. The standard InChI is InChI=1S/C16H21N3O2/c1-11(2)8-9-17-16-18-14(10-15(20)19-16)12-4-6-13(21-3)7-5-12/h4-7,10-11H,8-9H2,1-3H3,(H2,17,18,19,20). The third-order valence-electron chi connectivity index (χ3n) is 3.14. The maximum atomic E-state index is 11.7. The Morgan fingerprint density at radius 2 is 2.00 bits per heavy atom. The molecule has 21 heavy (non-hydrogen) atoms. The van der Waals surface area contributed by atoms with Gasteiger partial charge < -0.3 is 10.1 Å². The summed E-state index contributed by atoms with van der Waals surface area (Å²) in [5.41, 5.74) is 1.37. The average Bonchev–Trinajstić information content (AvgIpc) is 2.46. The zero-order valence-electron chi connectivity index (χ0n) is 12.6. The molecule has 0 aliphatic rings. The fourth-order valence-corrected chi connectivity index (χ4v) is 1.93. The van der Waals surface area contributed by atoms with Crippen LogP contribution >= 0.6 is 0 Å². The second kappa shape index (κ2) is 6.92. The molecule has 0 aliphatic heterocycles. The van der Waals surface area contributed by atoms with Crippen molar-refractivity contribution in [3.63, 3.8) is 0 Å². The molecule has 1 aromatic heterocycles. The minimum Gasteiger partial charge on any atom is -0.497 e. The number of rotatable bonds is 6. The highest BCUT2D eigenvalue weighted by atomic mass is 16.5. The number of hydrogen-bond donors (Lipinski definition) is 2. The third-order valence-corrected chi connectivity index (χ3v) is 3.14. The first-order valence-electron chi connectivity index (χ1n) is 7.08. The lowest BCUT2D eigenvalue weighted by molar-refractivity contribution is 0.415. The van der Waals surface area contributed by atoms with Gasteiger partial charge in [0.1, 0.15) is 5.75 Å². The van der Waals surface area contributed by atoms with Crippen LogP contribution in [0.2, 0.25) is 0 Å². The van der Waals surface area contributed by atoms with Crippen LogP contribution < -0.4 is 15.6 Å². The predicted octanol–water partition coefficient (Wildman–Crippen LogP) is 2.90. The van der Waals surface area contributed by atoms with Gasteiger partial charge in [-0.05, 0) is 36.6 Å². The summed E-state index contributed by atoms with van der Waals surface area (Å²) in [6.45, 7) is 5.10. The molecule has 112 valence electrons. The van der Waals surface area contributed by atoms with E-state index in [1.54, 1.807) is 7.11 Å². The number of methoxy groups -OCH3 is 1. The summed E-state index contributed by atoms with van der Waals surface area (Å²) in [7, 11) is 1.62. The maximum Gasteiger partial charge on any atom is 0.252 e. The Morgan fingerprint density at radius 3 is 2.62 bits per heavy atom. The SMILES string of the molecule is COc1ccc(-c2cc(=O)[nH]c(NCCC(C)C)n2)cc1. The molecule has 0 atom stereocenters. The minimum absolute atomic E-state index is 0.164. The Kier molecular flexibility index (Phi) is 4.98. The minimum atomic E-state index is -0.164. The van der Waals surface area contributed by atoms with Crippen LogP contribution in [0, 0.1) is 5.92 Å². The van der Waals surface area contributed by atoms with Crippen molar-refractivity contribution in [2.24, 2.45) is 5.92 Å². The van der Waals surface area contributed by atoms with Crippen molar-refractivity contribution < 1.29 is 4.74 Å². The van der Waals surface area contributed by atoms with Gasteiger partial charge in [-0.15, -0.1) is 0 Å². The smallest absolute Gasteiger partial charge is 0.252 e. The van der Waals surface area contributed by atoms with E-state index < -0.39 is 0 Å². The monoisotopic (exact) mass is 287 g/mol. The van der Waals surface area contributed by atoms with E-state index in [1.807, 2.05) is 24.3 Å². The number of nitrogens with zero attached hydrogens (tertiary/aromatic N) is 1. The van der Waals surface area contributed by atoms with E-state index in [1.165, 1.54) is 6.07 Å². The molecule has 0 radical (unpaired) electrons. The first-order chi connectivity index (χ1) is 10.1. The third kappa shape index (κ3) is 4.34. The predicted molar refractivity (Wildman–Crippen MR) is 84.8 cm³/mol. The van der Waals surface area contributed by atoms with Crippen molar-refractivity contribution in [2.75, 3.05) is 19.0 Å². The number of nitrogens with one attached hydrogen (secondary N) is 2. The highest BCUT2D eigenvalue weighted by molar-refractivity contribution is 5.60. The number of aromatic nitrogens is 2. The summed E-state index contributed by atoms with van der Waals surface area (Å²) in [5, 5.41) is 3.16. The quantitative estimate of drug-likeness (QED) is 0.857. The molecule has 0 spiro atoms. The van der Waals surface area contributed by atoms with Gasteiger partial charge >= 0.3 is 0 Å². The number of H-pyrrole nitrogens is 1.